The smallest absolute Gasteiger partial charge is 0.260 e. The van der Waals surface area contributed by atoms with Crippen molar-refractivity contribution in [3.63, 3.8) is 0 Å². The summed E-state index contributed by atoms with van der Waals surface area (Å²) in [4.78, 5) is 13.8. The van der Waals surface area contributed by atoms with Crippen LogP contribution in [0.2, 0.25) is 0 Å². The van der Waals surface area contributed by atoms with Gasteiger partial charge in [0.05, 0.1) is 0 Å². The van der Waals surface area contributed by atoms with Crippen molar-refractivity contribution in [2.45, 2.75) is 38.3 Å². The SMILES string of the molecule is O=C(COc1c(F)cccc1CNC1CC1)N1CCCC1. The lowest BCUT2D eigenvalue weighted by Gasteiger charge is -2.17. The summed E-state index contributed by atoms with van der Waals surface area (Å²) in [5.74, 6) is -0.255. The van der Waals surface area contributed by atoms with Gasteiger partial charge in [-0.3, -0.25) is 4.79 Å². The summed E-state index contributed by atoms with van der Waals surface area (Å²) >= 11 is 0. The molecule has 0 bridgehead atoms. The largest absolute Gasteiger partial charge is 0.480 e. The fourth-order valence-electron chi connectivity index (χ4n) is 2.59. The predicted molar refractivity (Wildman–Crippen MR) is 77.6 cm³/mol. The molecule has 2 aliphatic rings. The molecule has 1 aliphatic carbocycles. The van der Waals surface area contributed by atoms with E-state index in [-0.39, 0.29) is 18.3 Å². The van der Waals surface area contributed by atoms with Crippen molar-refractivity contribution in [1.82, 2.24) is 10.2 Å². The lowest BCUT2D eigenvalue weighted by atomic mass is 10.2. The van der Waals surface area contributed by atoms with Gasteiger partial charge < -0.3 is 15.0 Å². The van der Waals surface area contributed by atoms with Crippen molar-refractivity contribution in [3.05, 3.63) is 29.6 Å². The first kappa shape index (κ1) is 14.3. The lowest BCUT2D eigenvalue weighted by Crippen LogP contribution is -2.32. The predicted octanol–water partition coefficient (Wildman–Crippen LogP) is 2.08. The number of likely N-dealkylation sites (tertiary alicyclic amines) is 1. The zero-order valence-electron chi connectivity index (χ0n) is 12.1. The van der Waals surface area contributed by atoms with Gasteiger partial charge in [-0.05, 0) is 31.7 Å². The van der Waals surface area contributed by atoms with E-state index in [1.165, 1.54) is 18.9 Å². The molecule has 1 aromatic rings. The Hall–Kier alpha value is -1.62. The fourth-order valence-corrected chi connectivity index (χ4v) is 2.59. The first-order valence-electron chi connectivity index (χ1n) is 7.65. The molecular weight excluding hydrogens is 271 g/mol. The second-order valence-electron chi connectivity index (χ2n) is 5.76. The molecule has 4 nitrogen and oxygen atoms in total. The van der Waals surface area contributed by atoms with Gasteiger partial charge in [0.25, 0.3) is 5.91 Å². The van der Waals surface area contributed by atoms with Gasteiger partial charge >= 0.3 is 0 Å². The molecule has 0 spiro atoms. The van der Waals surface area contributed by atoms with Crippen molar-refractivity contribution >= 4 is 5.91 Å². The number of rotatable bonds is 6. The van der Waals surface area contributed by atoms with E-state index in [2.05, 4.69) is 5.32 Å². The van der Waals surface area contributed by atoms with Crippen LogP contribution >= 0.6 is 0 Å². The van der Waals surface area contributed by atoms with Gasteiger partial charge in [0.2, 0.25) is 0 Å². The fraction of sp³-hybridized carbons (Fsp3) is 0.562. The number of ether oxygens (including phenoxy) is 1. The Morgan fingerprint density at radius 2 is 2.10 bits per heavy atom. The van der Waals surface area contributed by atoms with Crippen LogP contribution in [0, 0.1) is 5.82 Å². The van der Waals surface area contributed by atoms with E-state index in [4.69, 9.17) is 4.74 Å². The van der Waals surface area contributed by atoms with Crippen LogP contribution in [0.1, 0.15) is 31.2 Å². The van der Waals surface area contributed by atoms with Crippen LogP contribution in [0.4, 0.5) is 4.39 Å². The van der Waals surface area contributed by atoms with Gasteiger partial charge in [-0.1, -0.05) is 12.1 Å². The Labute approximate surface area is 124 Å². The van der Waals surface area contributed by atoms with Crippen molar-refractivity contribution in [3.8, 4) is 5.75 Å². The van der Waals surface area contributed by atoms with E-state index >= 15 is 0 Å². The first-order chi connectivity index (χ1) is 10.2. The van der Waals surface area contributed by atoms with E-state index in [0.717, 1.165) is 31.5 Å². The van der Waals surface area contributed by atoms with Crippen LogP contribution in [0.5, 0.6) is 5.75 Å². The van der Waals surface area contributed by atoms with Gasteiger partial charge in [-0.25, -0.2) is 4.39 Å². The Kier molecular flexibility index (Phi) is 4.39. The summed E-state index contributed by atoms with van der Waals surface area (Å²) in [7, 11) is 0. The Bertz CT molecular complexity index is 511. The highest BCUT2D eigenvalue weighted by Gasteiger charge is 2.22. The molecule has 0 radical (unpaired) electrons. The highest BCUT2D eigenvalue weighted by atomic mass is 19.1. The maximum Gasteiger partial charge on any atom is 0.260 e. The average Bonchev–Trinajstić information content (AvgIpc) is 3.15. The van der Waals surface area contributed by atoms with Crippen LogP contribution in [0.15, 0.2) is 18.2 Å². The van der Waals surface area contributed by atoms with Crippen LogP contribution in [-0.2, 0) is 11.3 Å². The number of amides is 1. The number of nitrogens with one attached hydrogen (secondary N) is 1. The van der Waals surface area contributed by atoms with E-state index in [1.54, 1.807) is 11.0 Å². The first-order valence-corrected chi connectivity index (χ1v) is 7.65. The molecule has 5 heteroatoms. The highest BCUT2D eigenvalue weighted by molar-refractivity contribution is 5.78. The molecule has 1 aromatic carbocycles. The molecule has 1 saturated carbocycles. The summed E-state index contributed by atoms with van der Waals surface area (Å²) in [5.41, 5.74) is 0.774. The normalized spacial score (nSPS) is 18.0. The maximum atomic E-state index is 13.9. The lowest BCUT2D eigenvalue weighted by molar-refractivity contribution is -0.132. The number of benzene rings is 1. The monoisotopic (exact) mass is 292 g/mol. The topological polar surface area (TPSA) is 41.6 Å². The minimum absolute atomic E-state index is 0.0585. The van der Waals surface area contributed by atoms with Crippen LogP contribution in [0.3, 0.4) is 0 Å². The zero-order valence-corrected chi connectivity index (χ0v) is 12.1. The number of para-hydroxylation sites is 1. The number of nitrogens with zero attached hydrogens (tertiary/aromatic N) is 1. The molecule has 21 heavy (non-hydrogen) atoms. The number of carbonyl (C=O) groups excluding carboxylic acids is 1. The van der Waals surface area contributed by atoms with E-state index in [9.17, 15) is 9.18 Å². The van der Waals surface area contributed by atoms with Crippen LogP contribution in [0.25, 0.3) is 0 Å². The Balaban J connectivity index is 1.60. The molecule has 0 aromatic heterocycles. The quantitative estimate of drug-likeness (QED) is 0.873. The van der Waals surface area contributed by atoms with Crippen molar-refractivity contribution < 1.29 is 13.9 Å². The third-order valence-electron chi connectivity index (χ3n) is 4.01. The molecule has 0 unspecified atom stereocenters. The van der Waals surface area contributed by atoms with E-state index in [0.29, 0.717) is 12.6 Å². The van der Waals surface area contributed by atoms with Crippen LogP contribution in [-0.4, -0.2) is 36.5 Å². The molecule has 1 saturated heterocycles. The molecule has 1 amide bonds. The Morgan fingerprint density at radius 3 is 2.81 bits per heavy atom. The second kappa shape index (κ2) is 6.43. The molecule has 2 fully saturated rings. The Morgan fingerprint density at radius 1 is 1.33 bits per heavy atom. The van der Waals surface area contributed by atoms with E-state index < -0.39 is 5.82 Å². The minimum Gasteiger partial charge on any atom is -0.480 e. The van der Waals surface area contributed by atoms with Gasteiger partial charge in [0, 0.05) is 31.2 Å². The standard InChI is InChI=1S/C16H21FN2O2/c17-14-5-3-4-12(10-18-13-6-7-13)16(14)21-11-15(20)19-8-1-2-9-19/h3-5,13,18H,1-2,6-11H2. The van der Waals surface area contributed by atoms with Crippen molar-refractivity contribution in [1.29, 1.82) is 0 Å². The molecule has 0 atom stereocenters. The highest BCUT2D eigenvalue weighted by Crippen LogP contribution is 2.25. The summed E-state index contributed by atoms with van der Waals surface area (Å²) in [6.07, 6.45) is 4.45. The van der Waals surface area contributed by atoms with Gasteiger partial charge in [0.1, 0.15) is 0 Å². The third kappa shape index (κ3) is 3.73. The van der Waals surface area contributed by atoms with Crippen molar-refractivity contribution in [2.75, 3.05) is 19.7 Å². The number of carbonyl (C=O) groups is 1. The summed E-state index contributed by atoms with van der Waals surface area (Å²) in [6.45, 7) is 2.07. The number of hydrogen-bond acceptors (Lipinski definition) is 3. The van der Waals surface area contributed by atoms with Gasteiger partial charge in [-0.2, -0.15) is 0 Å². The van der Waals surface area contributed by atoms with Crippen molar-refractivity contribution in [2.24, 2.45) is 0 Å². The molecule has 1 aliphatic heterocycles. The molecular formula is C16H21FN2O2. The summed E-state index contributed by atoms with van der Waals surface area (Å²) in [5, 5.41) is 3.34. The molecule has 1 N–H and O–H groups in total. The number of hydrogen-bond donors (Lipinski definition) is 1. The summed E-state index contributed by atoms with van der Waals surface area (Å²) in [6, 6.07) is 5.44. The maximum absolute atomic E-state index is 13.9. The second-order valence-corrected chi connectivity index (χ2v) is 5.76. The van der Waals surface area contributed by atoms with Crippen LogP contribution < -0.4 is 10.1 Å². The van der Waals surface area contributed by atoms with Gasteiger partial charge in [0.15, 0.2) is 18.2 Å². The molecule has 1 heterocycles. The number of halogens is 1. The molecule has 3 rings (SSSR count). The zero-order chi connectivity index (χ0) is 14.7. The van der Waals surface area contributed by atoms with E-state index in [1.807, 2.05) is 6.07 Å². The minimum atomic E-state index is -0.403. The van der Waals surface area contributed by atoms with Gasteiger partial charge in [-0.15, -0.1) is 0 Å². The molecule has 114 valence electrons. The third-order valence-corrected chi connectivity index (χ3v) is 4.01. The summed E-state index contributed by atoms with van der Waals surface area (Å²) < 4.78 is 19.4. The average molecular weight is 292 g/mol.